The summed E-state index contributed by atoms with van der Waals surface area (Å²) in [6.07, 6.45) is 5.32. The second-order valence-electron chi connectivity index (χ2n) is 8.06. The maximum Gasteiger partial charge on any atom is 0.267 e. The third kappa shape index (κ3) is 4.40. The van der Waals surface area contributed by atoms with E-state index in [2.05, 4.69) is 23.8 Å². The first-order chi connectivity index (χ1) is 14.9. The van der Waals surface area contributed by atoms with Gasteiger partial charge in [0.25, 0.3) is 11.5 Å². The molecule has 7 nitrogen and oxygen atoms in total. The molecule has 2 fully saturated rings. The zero-order valence-electron chi connectivity index (χ0n) is 18.1. The molecule has 0 unspecified atom stereocenters. The third-order valence-corrected chi connectivity index (χ3v) is 7.07. The van der Waals surface area contributed by atoms with Gasteiger partial charge in [-0.1, -0.05) is 37.3 Å². The van der Waals surface area contributed by atoms with Crippen LogP contribution in [0.3, 0.4) is 0 Å². The van der Waals surface area contributed by atoms with Crippen LogP contribution in [0.25, 0.3) is 11.7 Å². The second kappa shape index (κ2) is 9.10. The van der Waals surface area contributed by atoms with E-state index >= 15 is 0 Å². The van der Waals surface area contributed by atoms with Crippen LogP contribution in [-0.4, -0.2) is 69.2 Å². The first kappa shape index (κ1) is 22.0. The maximum absolute atomic E-state index is 13.5. The highest BCUT2D eigenvalue weighted by molar-refractivity contribution is 8.26. The van der Waals surface area contributed by atoms with Crippen LogP contribution in [-0.2, 0) is 4.79 Å². The minimum absolute atomic E-state index is 0.124. The monoisotopic (exact) mass is 457 g/mol. The largest absolute Gasteiger partial charge is 0.353 e. The van der Waals surface area contributed by atoms with Crippen LogP contribution in [0.15, 0.2) is 28.0 Å². The molecule has 2 aliphatic rings. The van der Waals surface area contributed by atoms with Gasteiger partial charge < -0.3 is 9.80 Å². The fourth-order valence-corrected chi connectivity index (χ4v) is 5.06. The number of piperazine rings is 1. The van der Waals surface area contributed by atoms with Gasteiger partial charge in [-0.2, -0.15) is 0 Å². The normalized spacial score (nSPS) is 19.3. The summed E-state index contributed by atoms with van der Waals surface area (Å²) < 4.78 is 2.10. The first-order valence-corrected chi connectivity index (χ1v) is 11.8. The molecule has 4 heterocycles. The van der Waals surface area contributed by atoms with Gasteiger partial charge in [-0.15, -0.1) is 0 Å². The lowest BCUT2D eigenvalue weighted by Crippen LogP contribution is -2.45. The Balaban J connectivity index is 1.81. The Hall–Kier alpha value is -2.23. The molecule has 0 saturated carbocycles. The number of unbranched alkanes of at least 4 members (excludes halogenated alkanes) is 1. The van der Waals surface area contributed by atoms with Gasteiger partial charge in [0, 0.05) is 38.9 Å². The van der Waals surface area contributed by atoms with Crippen LogP contribution in [0.5, 0.6) is 0 Å². The van der Waals surface area contributed by atoms with Gasteiger partial charge in [-0.05, 0) is 44.2 Å². The Labute approximate surface area is 191 Å². The molecule has 0 atom stereocenters. The number of thiocarbonyl (C=S) groups is 1. The SMILES string of the molecule is CCCCN1C(=O)/C(=C/c2c(N3CCN(C)CC3)nc3cc(C)ccn3c2=O)SC1=S. The molecule has 0 aromatic carbocycles. The zero-order chi connectivity index (χ0) is 22.1. The Bertz CT molecular complexity index is 1120. The Morgan fingerprint density at radius 1 is 1.23 bits per heavy atom. The fraction of sp³-hybridized carbons (Fsp3) is 0.455. The fourth-order valence-electron chi connectivity index (χ4n) is 3.77. The summed E-state index contributed by atoms with van der Waals surface area (Å²) in [6, 6.07) is 3.80. The molecule has 164 valence electrons. The molecule has 0 spiro atoms. The van der Waals surface area contributed by atoms with Gasteiger partial charge in [0.2, 0.25) is 0 Å². The second-order valence-corrected chi connectivity index (χ2v) is 9.74. The number of amides is 1. The van der Waals surface area contributed by atoms with Crippen molar-refractivity contribution < 1.29 is 4.79 Å². The van der Waals surface area contributed by atoms with Crippen molar-refractivity contribution in [3.63, 3.8) is 0 Å². The van der Waals surface area contributed by atoms with Crippen molar-refractivity contribution in [3.8, 4) is 0 Å². The first-order valence-electron chi connectivity index (χ1n) is 10.6. The number of likely N-dealkylation sites (N-methyl/N-ethyl adjacent to an activating group) is 1. The number of thioether (sulfide) groups is 1. The molecule has 2 aromatic heterocycles. The number of hydrogen-bond donors (Lipinski definition) is 0. The summed E-state index contributed by atoms with van der Waals surface area (Å²) in [5.41, 5.74) is 1.94. The average Bonchev–Trinajstić information content (AvgIpc) is 3.01. The van der Waals surface area contributed by atoms with Crippen LogP contribution in [0.1, 0.15) is 30.9 Å². The predicted molar refractivity (Wildman–Crippen MR) is 131 cm³/mol. The van der Waals surface area contributed by atoms with E-state index in [1.54, 1.807) is 21.6 Å². The number of anilines is 1. The topological polar surface area (TPSA) is 61.2 Å². The quantitative estimate of drug-likeness (QED) is 0.505. The molecular weight excluding hydrogens is 430 g/mol. The van der Waals surface area contributed by atoms with Crippen LogP contribution in [0.2, 0.25) is 0 Å². The number of aromatic nitrogens is 2. The summed E-state index contributed by atoms with van der Waals surface area (Å²) in [5, 5.41) is 0. The number of nitrogens with zero attached hydrogens (tertiary/aromatic N) is 5. The van der Waals surface area contributed by atoms with E-state index in [9.17, 15) is 9.59 Å². The third-order valence-electron chi connectivity index (χ3n) is 5.69. The summed E-state index contributed by atoms with van der Waals surface area (Å²) >= 11 is 6.70. The Kier molecular flexibility index (Phi) is 6.45. The van der Waals surface area contributed by atoms with Crippen LogP contribution in [0, 0.1) is 6.92 Å². The highest BCUT2D eigenvalue weighted by Crippen LogP contribution is 2.33. The lowest BCUT2D eigenvalue weighted by Gasteiger charge is -2.34. The molecule has 1 amide bonds. The van der Waals surface area contributed by atoms with Crippen LogP contribution in [0.4, 0.5) is 5.82 Å². The summed E-state index contributed by atoms with van der Waals surface area (Å²) in [7, 11) is 2.09. The average molecular weight is 458 g/mol. The van der Waals surface area contributed by atoms with E-state index < -0.39 is 0 Å². The molecule has 2 saturated heterocycles. The number of pyridine rings is 1. The smallest absolute Gasteiger partial charge is 0.267 e. The molecule has 4 rings (SSSR count). The number of fused-ring (bicyclic) bond motifs is 1. The number of hydrogen-bond acceptors (Lipinski definition) is 7. The van der Waals surface area contributed by atoms with Crippen molar-refractivity contribution in [3.05, 3.63) is 44.7 Å². The zero-order valence-corrected chi connectivity index (χ0v) is 19.8. The van der Waals surface area contributed by atoms with Crippen molar-refractivity contribution >= 4 is 51.7 Å². The predicted octanol–water partition coefficient (Wildman–Crippen LogP) is 2.76. The van der Waals surface area contributed by atoms with E-state index in [-0.39, 0.29) is 11.5 Å². The standard InChI is InChI=1S/C22H27N5O2S2/c1-4-5-7-27-21(29)17(31-22(27)30)14-16-19(25-11-9-24(3)10-12-25)23-18-13-15(2)6-8-26(18)20(16)28/h6,8,13-14H,4-5,7,9-12H2,1-3H3/b17-14-. The molecule has 2 aromatic rings. The van der Waals surface area contributed by atoms with Gasteiger partial charge in [0.15, 0.2) is 0 Å². The van der Waals surface area contributed by atoms with E-state index in [4.69, 9.17) is 17.2 Å². The van der Waals surface area contributed by atoms with E-state index in [1.165, 1.54) is 11.8 Å². The highest BCUT2D eigenvalue weighted by Gasteiger charge is 2.32. The van der Waals surface area contributed by atoms with Crippen molar-refractivity contribution in [1.29, 1.82) is 0 Å². The minimum atomic E-state index is -0.169. The Morgan fingerprint density at radius 2 is 1.97 bits per heavy atom. The molecular formula is C22H27N5O2S2. The minimum Gasteiger partial charge on any atom is -0.353 e. The molecule has 0 N–H and O–H groups in total. The van der Waals surface area contributed by atoms with Gasteiger partial charge in [-0.25, -0.2) is 4.98 Å². The van der Waals surface area contributed by atoms with Crippen molar-refractivity contribution in [2.45, 2.75) is 26.7 Å². The van der Waals surface area contributed by atoms with Crippen molar-refractivity contribution in [1.82, 2.24) is 19.2 Å². The van der Waals surface area contributed by atoms with E-state index in [0.29, 0.717) is 32.8 Å². The van der Waals surface area contributed by atoms with Crippen LogP contribution >= 0.6 is 24.0 Å². The maximum atomic E-state index is 13.5. The van der Waals surface area contributed by atoms with E-state index in [1.807, 2.05) is 19.1 Å². The molecule has 0 aliphatic carbocycles. The van der Waals surface area contributed by atoms with Gasteiger partial charge >= 0.3 is 0 Å². The molecule has 2 aliphatic heterocycles. The lowest BCUT2D eigenvalue weighted by atomic mass is 10.2. The van der Waals surface area contributed by atoms with Crippen molar-refractivity contribution in [2.24, 2.45) is 0 Å². The number of carbonyl (C=O) groups excluding carboxylic acids is 1. The van der Waals surface area contributed by atoms with Crippen LogP contribution < -0.4 is 10.5 Å². The number of carbonyl (C=O) groups is 1. The molecule has 0 bridgehead atoms. The lowest BCUT2D eigenvalue weighted by molar-refractivity contribution is -0.122. The van der Waals surface area contributed by atoms with Crippen molar-refractivity contribution in [2.75, 3.05) is 44.7 Å². The van der Waals surface area contributed by atoms with Gasteiger partial charge in [0.05, 0.1) is 10.5 Å². The van der Waals surface area contributed by atoms with E-state index in [0.717, 1.165) is 44.6 Å². The number of aryl methyl sites for hydroxylation is 1. The van der Waals surface area contributed by atoms with Gasteiger partial charge in [-0.3, -0.25) is 18.9 Å². The summed E-state index contributed by atoms with van der Waals surface area (Å²) in [6.45, 7) is 8.03. The summed E-state index contributed by atoms with van der Waals surface area (Å²) in [4.78, 5) is 37.8. The molecule has 9 heteroatoms. The highest BCUT2D eigenvalue weighted by atomic mass is 32.2. The van der Waals surface area contributed by atoms with Gasteiger partial charge in [0.1, 0.15) is 15.8 Å². The molecule has 31 heavy (non-hydrogen) atoms. The summed E-state index contributed by atoms with van der Waals surface area (Å²) in [5.74, 6) is 0.517. The Morgan fingerprint density at radius 3 is 2.68 bits per heavy atom. The molecule has 0 radical (unpaired) electrons. The number of rotatable bonds is 5.